The van der Waals surface area contributed by atoms with E-state index in [1.807, 2.05) is 6.92 Å². The van der Waals surface area contributed by atoms with Gasteiger partial charge in [-0.15, -0.1) is 11.3 Å². The number of anilines is 1. The molecule has 0 amide bonds. The van der Waals surface area contributed by atoms with Crippen LogP contribution in [0.2, 0.25) is 0 Å². The molecule has 0 spiro atoms. The van der Waals surface area contributed by atoms with Crippen molar-refractivity contribution in [2.24, 2.45) is 0 Å². The van der Waals surface area contributed by atoms with Gasteiger partial charge in [0.05, 0.1) is 5.56 Å². The maximum absolute atomic E-state index is 11.8. The fourth-order valence-corrected chi connectivity index (χ4v) is 4.57. The van der Waals surface area contributed by atoms with Crippen LogP contribution in [0.25, 0.3) is 16.5 Å². The molecule has 30 heavy (non-hydrogen) atoms. The van der Waals surface area contributed by atoms with Gasteiger partial charge < -0.3 is 10.0 Å². The van der Waals surface area contributed by atoms with Gasteiger partial charge in [0.25, 0.3) is 5.43 Å². The van der Waals surface area contributed by atoms with E-state index in [1.165, 1.54) is 28.2 Å². The van der Waals surface area contributed by atoms with E-state index in [0.717, 1.165) is 36.3 Å². The first-order chi connectivity index (χ1) is 14.3. The molecule has 1 aromatic heterocycles. The van der Waals surface area contributed by atoms with E-state index >= 15 is 0 Å². The predicted molar refractivity (Wildman–Crippen MR) is 127 cm³/mol. The molecule has 0 bridgehead atoms. The number of unbranched alkanes of at least 4 members (excludes halogenated alkanes) is 3. The number of thiophene rings is 1. The molecule has 0 aliphatic rings. The van der Waals surface area contributed by atoms with Gasteiger partial charge in [-0.05, 0) is 68.7 Å². The third-order valence-corrected chi connectivity index (χ3v) is 6.50. The summed E-state index contributed by atoms with van der Waals surface area (Å²) in [5.74, 6) is -0.426. The second kappa shape index (κ2) is 9.43. The number of nitrogens with zero attached hydrogens (tertiary/aromatic N) is 1. The van der Waals surface area contributed by atoms with Crippen molar-refractivity contribution in [2.75, 3.05) is 11.4 Å². The molecule has 0 aliphatic carbocycles. The van der Waals surface area contributed by atoms with Crippen LogP contribution in [-0.4, -0.2) is 11.7 Å². The van der Waals surface area contributed by atoms with Crippen molar-refractivity contribution >= 4 is 23.1 Å². The number of hydrogen-bond donors (Lipinski definition) is 1. The molecule has 1 heterocycles. The standard InChI is InChI=1S/C25H29NO3S/c1-5-6-7-8-13-26(17(3)15-20-23(27)25(29)24(20)28)21-11-10-19(14-16(21)2)22-12-9-18(4)30-22/h9-12,14-15,27H,5-8,13H2,1-4H3/b17-15+. The second-order valence-electron chi connectivity index (χ2n) is 7.83. The molecule has 3 rings (SSSR count). The summed E-state index contributed by atoms with van der Waals surface area (Å²) in [7, 11) is 0. The van der Waals surface area contributed by atoms with Crippen molar-refractivity contribution in [1.82, 2.24) is 0 Å². The van der Waals surface area contributed by atoms with Crippen LogP contribution in [0.15, 0.2) is 45.6 Å². The normalized spacial score (nSPS) is 11.9. The Morgan fingerprint density at radius 2 is 1.83 bits per heavy atom. The minimum atomic E-state index is -0.796. The van der Waals surface area contributed by atoms with Crippen molar-refractivity contribution in [3.8, 4) is 16.2 Å². The number of rotatable bonds is 9. The molecule has 0 aliphatic heterocycles. The molecule has 0 atom stereocenters. The fourth-order valence-electron chi connectivity index (χ4n) is 3.70. The largest absolute Gasteiger partial charge is 0.504 e. The first-order valence-electron chi connectivity index (χ1n) is 10.5. The molecule has 0 saturated heterocycles. The average molecular weight is 424 g/mol. The molecule has 0 saturated carbocycles. The summed E-state index contributed by atoms with van der Waals surface area (Å²) in [6.07, 6.45) is 6.15. The Kier molecular flexibility index (Phi) is 6.93. The van der Waals surface area contributed by atoms with E-state index in [9.17, 15) is 14.7 Å². The highest BCUT2D eigenvalue weighted by Crippen LogP contribution is 2.33. The molecule has 0 radical (unpaired) electrons. The maximum Gasteiger partial charge on any atom is 0.268 e. The van der Waals surface area contributed by atoms with Crippen LogP contribution in [-0.2, 0) is 0 Å². The predicted octanol–water partition coefficient (Wildman–Crippen LogP) is 5.78. The van der Waals surface area contributed by atoms with Gasteiger partial charge in [0.15, 0.2) is 5.75 Å². The van der Waals surface area contributed by atoms with Gasteiger partial charge in [-0.3, -0.25) is 9.59 Å². The number of aryl methyl sites for hydroxylation is 2. The summed E-state index contributed by atoms with van der Waals surface area (Å²) in [4.78, 5) is 27.9. The fraction of sp³-hybridized carbons (Fsp3) is 0.360. The van der Waals surface area contributed by atoms with Crippen LogP contribution in [0.4, 0.5) is 5.69 Å². The molecule has 0 fully saturated rings. The van der Waals surface area contributed by atoms with E-state index in [0.29, 0.717) is 0 Å². The van der Waals surface area contributed by atoms with Gasteiger partial charge in [0, 0.05) is 27.7 Å². The summed E-state index contributed by atoms with van der Waals surface area (Å²) in [6, 6.07) is 10.7. The van der Waals surface area contributed by atoms with Crippen molar-refractivity contribution in [3.05, 3.63) is 72.5 Å². The smallest absolute Gasteiger partial charge is 0.268 e. The van der Waals surface area contributed by atoms with E-state index in [1.54, 1.807) is 17.4 Å². The van der Waals surface area contributed by atoms with Gasteiger partial charge in [0.2, 0.25) is 5.43 Å². The van der Waals surface area contributed by atoms with Gasteiger partial charge in [-0.1, -0.05) is 32.3 Å². The summed E-state index contributed by atoms with van der Waals surface area (Å²) >= 11 is 1.78. The summed E-state index contributed by atoms with van der Waals surface area (Å²) in [6.45, 7) is 9.13. The van der Waals surface area contributed by atoms with Gasteiger partial charge in [-0.25, -0.2) is 0 Å². The SMILES string of the molecule is CCCCCCN(/C(C)=C/c1c(O)c(=O)c1=O)c1ccc(-c2ccc(C)s2)cc1C. The van der Waals surface area contributed by atoms with Crippen molar-refractivity contribution in [3.63, 3.8) is 0 Å². The molecule has 4 nitrogen and oxygen atoms in total. The zero-order valence-electron chi connectivity index (χ0n) is 18.1. The van der Waals surface area contributed by atoms with E-state index < -0.39 is 16.6 Å². The average Bonchev–Trinajstić information content (AvgIpc) is 3.18. The van der Waals surface area contributed by atoms with Crippen molar-refractivity contribution in [2.45, 2.75) is 53.4 Å². The Labute approximate surface area is 181 Å². The van der Waals surface area contributed by atoms with Crippen molar-refractivity contribution in [1.29, 1.82) is 0 Å². The number of aromatic hydroxyl groups is 1. The first kappa shape index (κ1) is 22.0. The maximum atomic E-state index is 11.8. The van der Waals surface area contributed by atoms with E-state index in [4.69, 9.17) is 0 Å². The third kappa shape index (κ3) is 4.57. The monoisotopic (exact) mass is 423 g/mol. The van der Waals surface area contributed by atoms with E-state index in [-0.39, 0.29) is 5.56 Å². The van der Waals surface area contributed by atoms with Crippen LogP contribution in [0.1, 0.15) is 55.5 Å². The van der Waals surface area contributed by atoms with Crippen LogP contribution in [0.5, 0.6) is 5.75 Å². The first-order valence-corrected chi connectivity index (χ1v) is 11.3. The zero-order chi connectivity index (χ0) is 21.8. The summed E-state index contributed by atoms with van der Waals surface area (Å²) < 4.78 is 0. The molecule has 3 aromatic rings. The molecular weight excluding hydrogens is 394 g/mol. The third-order valence-electron chi connectivity index (χ3n) is 5.45. The lowest BCUT2D eigenvalue weighted by Crippen LogP contribution is -2.33. The van der Waals surface area contributed by atoms with Gasteiger partial charge in [-0.2, -0.15) is 0 Å². The van der Waals surface area contributed by atoms with Crippen LogP contribution < -0.4 is 15.8 Å². The lowest BCUT2D eigenvalue weighted by Gasteiger charge is -2.28. The van der Waals surface area contributed by atoms with Crippen LogP contribution in [0, 0.1) is 13.8 Å². The Bertz CT molecular complexity index is 1130. The minimum Gasteiger partial charge on any atom is -0.504 e. The topological polar surface area (TPSA) is 57.6 Å². The molecule has 0 unspecified atom stereocenters. The Balaban J connectivity index is 1.93. The number of hydrogen-bond acceptors (Lipinski definition) is 5. The second-order valence-corrected chi connectivity index (χ2v) is 9.12. The molecule has 1 N–H and O–H groups in total. The van der Waals surface area contributed by atoms with Gasteiger partial charge in [0.1, 0.15) is 0 Å². The van der Waals surface area contributed by atoms with E-state index in [2.05, 4.69) is 56.0 Å². The lowest BCUT2D eigenvalue weighted by molar-refractivity contribution is 0.461. The Hall–Kier alpha value is -2.66. The highest BCUT2D eigenvalue weighted by Gasteiger charge is 2.20. The Morgan fingerprint density at radius 3 is 2.43 bits per heavy atom. The summed E-state index contributed by atoms with van der Waals surface area (Å²) in [5.41, 5.74) is 2.97. The zero-order valence-corrected chi connectivity index (χ0v) is 18.9. The number of benzene rings is 1. The van der Waals surface area contributed by atoms with Gasteiger partial charge >= 0.3 is 0 Å². The molecule has 2 aromatic carbocycles. The molecule has 158 valence electrons. The van der Waals surface area contributed by atoms with Crippen LogP contribution in [0.3, 0.4) is 0 Å². The summed E-state index contributed by atoms with van der Waals surface area (Å²) in [5, 5.41) is 9.76. The number of allylic oxidation sites excluding steroid dienone is 1. The Morgan fingerprint density at radius 1 is 1.07 bits per heavy atom. The quantitative estimate of drug-likeness (QED) is 0.350. The molecular formula is C25H29NO3S. The highest BCUT2D eigenvalue weighted by atomic mass is 32.1. The highest BCUT2D eigenvalue weighted by molar-refractivity contribution is 7.15. The molecule has 5 heteroatoms. The minimum absolute atomic E-state index is 0.111. The lowest BCUT2D eigenvalue weighted by atomic mass is 10.0. The van der Waals surface area contributed by atoms with Crippen molar-refractivity contribution < 1.29 is 5.11 Å². The van der Waals surface area contributed by atoms with Crippen LogP contribution >= 0.6 is 11.3 Å².